The summed E-state index contributed by atoms with van der Waals surface area (Å²) in [6.07, 6.45) is 0.356. The second-order valence-electron chi connectivity index (χ2n) is 5.28. The van der Waals surface area contributed by atoms with Crippen LogP contribution in [0.5, 0.6) is 11.6 Å². The molecule has 0 aliphatic heterocycles. The first-order valence-corrected chi connectivity index (χ1v) is 8.67. The molecule has 2 aromatic heterocycles. The Hall–Kier alpha value is -2.64. The number of carbonyl (C=O) groups is 1. The number of carbonyl (C=O) groups excluding carboxylic acids is 1. The molecule has 25 heavy (non-hydrogen) atoms. The highest BCUT2D eigenvalue weighted by atomic mass is 35.5. The molecule has 0 saturated heterocycles. The molecule has 3 aromatic rings. The molecule has 0 fully saturated rings. The number of nitrogens with zero attached hydrogens (tertiary/aromatic N) is 2. The first kappa shape index (κ1) is 17.2. The molecule has 1 aromatic carbocycles. The van der Waals surface area contributed by atoms with E-state index in [9.17, 15) is 15.0 Å². The minimum Gasteiger partial charge on any atom is -0.501 e. The van der Waals surface area contributed by atoms with Crippen molar-refractivity contribution in [2.24, 2.45) is 0 Å². The fraction of sp³-hybridized carbons (Fsp3) is 0.118. The fourth-order valence-electron chi connectivity index (χ4n) is 2.17. The van der Waals surface area contributed by atoms with Crippen molar-refractivity contribution in [3.05, 3.63) is 68.8 Å². The zero-order valence-corrected chi connectivity index (χ0v) is 14.5. The summed E-state index contributed by atoms with van der Waals surface area (Å²) in [5, 5.41) is 26.8. The van der Waals surface area contributed by atoms with Gasteiger partial charge in [-0.15, -0.1) is 0 Å². The molecule has 2 heterocycles. The van der Waals surface area contributed by atoms with E-state index in [0.717, 1.165) is 11.1 Å². The van der Waals surface area contributed by atoms with Crippen molar-refractivity contribution in [1.82, 2.24) is 15.3 Å². The highest BCUT2D eigenvalue weighted by Gasteiger charge is 2.19. The Morgan fingerprint density at radius 1 is 1.12 bits per heavy atom. The maximum atomic E-state index is 12.3. The van der Waals surface area contributed by atoms with Gasteiger partial charge in [-0.1, -0.05) is 23.7 Å². The van der Waals surface area contributed by atoms with E-state index >= 15 is 0 Å². The monoisotopic (exact) mass is 375 g/mol. The minimum atomic E-state index is -0.636. The summed E-state index contributed by atoms with van der Waals surface area (Å²) < 4.78 is 0. The average molecular weight is 376 g/mol. The van der Waals surface area contributed by atoms with Crippen LogP contribution >= 0.6 is 22.9 Å². The quantitative estimate of drug-likeness (QED) is 0.636. The third kappa shape index (κ3) is 4.26. The van der Waals surface area contributed by atoms with Gasteiger partial charge in [0.15, 0.2) is 5.69 Å². The largest absolute Gasteiger partial charge is 0.501 e. The predicted octanol–water partition coefficient (Wildman–Crippen LogP) is 3.12. The highest BCUT2D eigenvalue weighted by Crippen LogP contribution is 2.26. The van der Waals surface area contributed by atoms with E-state index < -0.39 is 17.5 Å². The van der Waals surface area contributed by atoms with E-state index in [1.807, 2.05) is 16.8 Å². The number of benzene rings is 1. The highest BCUT2D eigenvalue weighted by molar-refractivity contribution is 7.07. The van der Waals surface area contributed by atoms with Crippen molar-refractivity contribution in [2.45, 2.75) is 13.0 Å². The van der Waals surface area contributed by atoms with Gasteiger partial charge in [0, 0.05) is 18.0 Å². The Labute approximate surface area is 152 Å². The van der Waals surface area contributed by atoms with Gasteiger partial charge in [0.2, 0.25) is 5.75 Å². The Morgan fingerprint density at radius 3 is 2.56 bits per heavy atom. The zero-order valence-electron chi connectivity index (χ0n) is 12.9. The molecular formula is C17H14ClN3O3S. The minimum absolute atomic E-state index is 0.236. The van der Waals surface area contributed by atoms with Crippen LogP contribution in [0.1, 0.15) is 27.4 Å². The van der Waals surface area contributed by atoms with Gasteiger partial charge in [-0.2, -0.15) is 16.3 Å². The first-order chi connectivity index (χ1) is 12.0. The van der Waals surface area contributed by atoms with Gasteiger partial charge in [-0.3, -0.25) is 4.79 Å². The summed E-state index contributed by atoms with van der Waals surface area (Å²) in [4.78, 5) is 20.2. The molecule has 0 atom stereocenters. The molecule has 3 rings (SSSR count). The van der Waals surface area contributed by atoms with Crippen molar-refractivity contribution in [3.63, 3.8) is 0 Å². The lowest BCUT2D eigenvalue weighted by Crippen LogP contribution is -2.24. The molecule has 0 saturated carbocycles. The average Bonchev–Trinajstić information content (AvgIpc) is 3.10. The van der Waals surface area contributed by atoms with Crippen LogP contribution in [0, 0.1) is 0 Å². The number of amides is 1. The summed E-state index contributed by atoms with van der Waals surface area (Å²) in [6.45, 7) is 0.236. The van der Waals surface area contributed by atoms with Crippen LogP contribution in [0.25, 0.3) is 0 Å². The molecule has 6 nitrogen and oxygen atoms in total. The summed E-state index contributed by atoms with van der Waals surface area (Å²) >= 11 is 7.35. The number of hydrogen-bond donors (Lipinski definition) is 3. The van der Waals surface area contributed by atoms with Gasteiger partial charge in [-0.25, -0.2) is 4.98 Å². The van der Waals surface area contributed by atoms with Crippen molar-refractivity contribution >= 4 is 28.8 Å². The van der Waals surface area contributed by atoms with Gasteiger partial charge >= 0.3 is 0 Å². The Morgan fingerprint density at radius 2 is 1.88 bits per heavy atom. The van der Waals surface area contributed by atoms with Crippen LogP contribution in [0.15, 0.2) is 41.1 Å². The molecule has 3 N–H and O–H groups in total. The van der Waals surface area contributed by atoms with Crippen LogP contribution in [0.2, 0.25) is 5.02 Å². The van der Waals surface area contributed by atoms with Crippen molar-refractivity contribution in [3.8, 4) is 11.6 Å². The molecule has 1 amide bonds. The second-order valence-corrected chi connectivity index (χ2v) is 6.49. The van der Waals surface area contributed by atoms with Crippen molar-refractivity contribution in [2.75, 3.05) is 0 Å². The molecule has 0 spiro atoms. The standard InChI is InChI=1S/C17H14ClN3O3S/c18-12-3-1-10(2-4-12)8-19-16(23)14-15(22)17(24)21-13(20-14)7-11-5-6-25-9-11/h1-6,9,22H,7-8H2,(H,19,23)(H,20,21,24). The number of halogens is 1. The molecular weight excluding hydrogens is 362 g/mol. The fourth-order valence-corrected chi connectivity index (χ4v) is 2.96. The van der Waals surface area contributed by atoms with E-state index in [4.69, 9.17) is 11.6 Å². The molecule has 0 aliphatic carbocycles. The smallest absolute Gasteiger partial charge is 0.274 e. The van der Waals surface area contributed by atoms with Crippen LogP contribution in [-0.2, 0) is 13.0 Å². The van der Waals surface area contributed by atoms with Crippen LogP contribution in [0.3, 0.4) is 0 Å². The molecule has 0 bridgehead atoms. The normalized spacial score (nSPS) is 10.6. The Balaban J connectivity index is 1.76. The van der Waals surface area contributed by atoms with Gasteiger partial charge in [-0.05, 0) is 40.1 Å². The Kier molecular flexibility index (Phi) is 5.16. The topological polar surface area (TPSA) is 95.3 Å². The zero-order chi connectivity index (χ0) is 17.8. The summed E-state index contributed by atoms with van der Waals surface area (Å²) in [7, 11) is 0. The third-order valence-electron chi connectivity index (χ3n) is 3.44. The van der Waals surface area contributed by atoms with Gasteiger partial charge < -0.3 is 15.5 Å². The number of aromatic nitrogens is 2. The summed E-state index contributed by atoms with van der Waals surface area (Å²) in [5.41, 5.74) is 1.54. The van der Waals surface area contributed by atoms with Gasteiger partial charge in [0.25, 0.3) is 11.8 Å². The van der Waals surface area contributed by atoms with Gasteiger partial charge in [0.1, 0.15) is 5.82 Å². The third-order valence-corrected chi connectivity index (χ3v) is 4.42. The van der Waals surface area contributed by atoms with E-state index in [0.29, 0.717) is 11.4 Å². The lowest BCUT2D eigenvalue weighted by atomic mass is 10.2. The molecule has 0 unspecified atom stereocenters. The number of hydrogen-bond acceptors (Lipinski definition) is 6. The van der Waals surface area contributed by atoms with Gasteiger partial charge in [0.05, 0.1) is 0 Å². The number of aromatic hydroxyl groups is 2. The number of thiophene rings is 1. The summed E-state index contributed by atoms with van der Waals surface area (Å²) in [6, 6.07) is 8.90. The van der Waals surface area contributed by atoms with Crippen molar-refractivity contribution in [1.29, 1.82) is 0 Å². The second kappa shape index (κ2) is 7.50. The van der Waals surface area contributed by atoms with Crippen LogP contribution < -0.4 is 5.32 Å². The Bertz CT molecular complexity index is 883. The molecule has 0 radical (unpaired) electrons. The van der Waals surface area contributed by atoms with E-state index in [2.05, 4.69) is 15.3 Å². The lowest BCUT2D eigenvalue weighted by Gasteiger charge is -2.09. The van der Waals surface area contributed by atoms with Crippen LogP contribution in [-0.4, -0.2) is 26.1 Å². The maximum Gasteiger partial charge on any atom is 0.274 e. The number of nitrogens with one attached hydrogen (secondary N) is 1. The molecule has 0 aliphatic rings. The number of rotatable bonds is 5. The maximum absolute atomic E-state index is 12.3. The SMILES string of the molecule is O=C(NCc1ccc(Cl)cc1)c1nc(Cc2ccsc2)nc(O)c1O. The van der Waals surface area contributed by atoms with Crippen LogP contribution in [0.4, 0.5) is 0 Å². The molecule has 128 valence electrons. The lowest BCUT2D eigenvalue weighted by molar-refractivity contribution is 0.0941. The van der Waals surface area contributed by atoms with E-state index in [1.54, 1.807) is 24.3 Å². The molecule has 8 heteroatoms. The van der Waals surface area contributed by atoms with Crippen molar-refractivity contribution < 1.29 is 15.0 Å². The summed E-state index contributed by atoms with van der Waals surface area (Å²) in [5.74, 6) is -1.60. The van der Waals surface area contributed by atoms with E-state index in [-0.39, 0.29) is 18.1 Å². The first-order valence-electron chi connectivity index (χ1n) is 7.35. The predicted molar refractivity (Wildman–Crippen MR) is 95.1 cm³/mol. The van der Waals surface area contributed by atoms with E-state index in [1.165, 1.54) is 11.3 Å².